The van der Waals surface area contributed by atoms with Crippen molar-refractivity contribution in [3.63, 3.8) is 0 Å². The lowest BCUT2D eigenvalue weighted by atomic mass is 10.0. The third-order valence-corrected chi connectivity index (χ3v) is 7.62. The maximum Gasteiger partial charge on any atom is 0.255 e. The number of benzene rings is 1. The van der Waals surface area contributed by atoms with Gasteiger partial charge < -0.3 is 30.0 Å². The lowest BCUT2D eigenvalue weighted by Crippen LogP contribution is -2.31. The van der Waals surface area contributed by atoms with Crippen LogP contribution in [0, 0.1) is 0 Å². The number of aromatic amines is 1. The number of hydrogen-bond acceptors (Lipinski definition) is 6. The highest BCUT2D eigenvalue weighted by atomic mass is 35.5. The van der Waals surface area contributed by atoms with Crippen molar-refractivity contribution >= 4 is 28.9 Å². The van der Waals surface area contributed by atoms with Gasteiger partial charge >= 0.3 is 0 Å². The molecule has 6 rings (SSSR count). The van der Waals surface area contributed by atoms with Crippen molar-refractivity contribution in [1.82, 2.24) is 20.2 Å². The standard InChI is InChI=1S/C26H28ClN5O3/c1-32-10-4-5-14(32)13-35-20-12-28-9-8-15(20)23-24(29-18-7-3-6-17(27)25(18)34-2)21-22(31-23)16-11-19(16)30-26(21)33/h3,6-9,12,14,16,19,29,31H,4-5,10-11,13H2,1-2H3,(H,30,33)/t14-,16+,19-/m0/s1. The van der Waals surface area contributed by atoms with Crippen LogP contribution >= 0.6 is 11.6 Å². The number of pyridine rings is 1. The predicted octanol–water partition coefficient (Wildman–Crippen LogP) is 4.55. The summed E-state index contributed by atoms with van der Waals surface area (Å²) in [4.78, 5) is 23.4. The van der Waals surface area contributed by atoms with E-state index < -0.39 is 0 Å². The Morgan fingerprint density at radius 2 is 2.20 bits per heavy atom. The van der Waals surface area contributed by atoms with E-state index in [1.165, 1.54) is 6.42 Å². The lowest BCUT2D eigenvalue weighted by Gasteiger charge is -2.21. The normalized spacial score (nSPS) is 22.8. The van der Waals surface area contributed by atoms with Crippen molar-refractivity contribution in [2.45, 2.75) is 37.3 Å². The zero-order valence-corrected chi connectivity index (χ0v) is 20.5. The number of fused-ring (bicyclic) bond motifs is 3. The van der Waals surface area contributed by atoms with E-state index >= 15 is 0 Å². The highest BCUT2D eigenvalue weighted by Crippen LogP contribution is 2.51. The van der Waals surface area contributed by atoms with Gasteiger partial charge in [0.1, 0.15) is 12.4 Å². The first-order valence-corrected chi connectivity index (χ1v) is 12.4. The number of carbonyl (C=O) groups is 1. The molecular formula is C26H28ClN5O3. The molecule has 182 valence electrons. The Labute approximate surface area is 209 Å². The van der Waals surface area contributed by atoms with Gasteiger partial charge in [-0.05, 0) is 51.1 Å². The molecular weight excluding hydrogens is 466 g/mol. The van der Waals surface area contributed by atoms with Crippen LogP contribution in [0.15, 0.2) is 36.7 Å². The summed E-state index contributed by atoms with van der Waals surface area (Å²) in [5.74, 6) is 1.40. The second-order valence-electron chi connectivity index (χ2n) is 9.49. The molecule has 4 heterocycles. The molecule has 35 heavy (non-hydrogen) atoms. The van der Waals surface area contributed by atoms with Crippen molar-refractivity contribution in [2.24, 2.45) is 0 Å². The third-order valence-electron chi connectivity index (χ3n) is 7.32. The number of H-pyrrole nitrogens is 1. The molecule has 0 radical (unpaired) electrons. The number of hydrogen-bond donors (Lipinski definition) is 3. The van der Waals surface area contributed by atoms with Crippen LogP contribution < -0.4 is 20.1 Å². The smallest absolute Gasteiger partial charge is 0.255 e. The molecule has 0 spiro atoms. The van der Waals surface area contributed by atoms with Gasteiger partial charge in [-0.1, -0.05) is 17.7 Å². The Morgan fingerprint density at radius 1 is 1.31 bits per heavy atom. The minimum atomic E-state index is -0.0890. The molecule has 1 amide bonds. The summed E-state index contributed by atoms with van der Waals surface area (Å²) < 4.78 is 11.9. The van der Waals surface area contributed by atoms with E-state index in [9.17, 15) is 4.79 Å². The van der Waals surface area contributed by atoms with E-state index in [-0.39, 0.29) is 17.9 Å². The minimum Gasteiger partial charge on any atom is -0.493 e. The number of nitrogens with one attached hydrogen (secondary N) is 3. The molecule has 2 aromatic heterocycles. The molecule has 1 saturated carbocycles. The quantitative estimate of drug-likeness (QED) is 0.447. The molecule has 2 fully saturated rings. The van der Waals surface area contributed by atoms with Gasteiger partial charge in [-0.25, -0.2) is 0 Å². The van der Waals surface area contributed by atoms with Crippen LogP contribution in [0.4, 0.5) is 11.4 Å². The number of ether oxygens (including phenoxy) is 2. The summed E-state index contributed by atoms with van der Waals surface area (Å²) in [6, 6.07) is 8.01. The Morgan fingerprint density at radius 3 is 3.00 bits per heavy atom. The molecule has 1 saturated heterocycles. The fourth-order valence-electron chi connectivity index (χ4n) is 5.30. The topological polar surface area (TPSA) is 91.5 Å². The molecule has 2 aliphatic heterocycles. The van der Waals surface area contributed by atoms with Crippen molar-refractivity contribution < 1.29 is 14.3 Å². The van der Waals surface area contributed by atoms with Crippen LogP contribution in [-0.2, 0) is 0 Å². The van der Waals surface area contributed by atoms with Gasteiger partial charge in [-0.15, -0.1) is 0 Å². The summed E-state index contributed by atoms with van der Waals surface area (Å²) in [6.45, 7) is 1.68. The van der Waals surface area contributed by atoms with Gasteiger partial charge in [0.05, 0.1) is 41.0 Å². The first kappa shape index (κ1) is 22.2. The van der Waals surface area contributed by atoms with E-state index in [2.05, 4.69) is 32.5 Å². The maximum atomic E-state index is 13.1. The summed E-state index contributed by atoms with van der Waals surface area (Å²) in [5.41, 5.74) is 4.57. The Hall–Kier alpha value is -3.23. The molecule has 3 atom stereocenters. The van der Waals surface area contributed by atoms with E-state index in [1.54, 1.807) is 25.6 Å². The number of halogens is 1. The average Bonchev–Trinajstić information content (AvgIpc) is 3.35. The first-order chi connectivity index (χ1) is 17.0. The highest BCUT2D eigenvalue weighted by Gasteiger charge is 2.48. The van der Waals surface area contributed by atoms with E-state index in [0.717, 1.165) is 36.3 Å². The lowest BCUT2D eigenvalue weighted by molar-refractivity contribution is 0.0944. The largest absolute Gasteiger partial charge is 0.493 e. The van der Waals surface area contributed by atoms with E-state index in [4.69, 9.17) is 21.1 Å². The molecule has 3 aliphatic rings. The predicted molar refractivity (Wildman–Crippen MR) is 135 cm³/mol. The van der Waals surface area contributed by atoms with Gasteiger partial charge in [0, 0.05) is 35.5 Å². The molecule has 8 nitrogen and oxygen atoms in total. The summed E-state index contributed by atoms with van der Waals surface area (Å²) >= 11 is 6.38. The SMILES string of the molecule is COc1c(Cl)cccc1Nc1c(-c2ccncc2OC[C@@H]2CCCN2C)[nH]c2c1C(=O)N[C@H]1C[C@@H]21. The van der Waals surface area contributed by atoms with Gasteiger partial charge in [0.15, 0.2) is 5.75 Å². The number of aromatic nitrogens is 2. The Kier molecular flexibility index (Phi) is 5.57. The summed E-state index contributed by atoms with van der Waals surface area (Å²) in [5, 5.41) is 7.06. The molecule has 0 unspecified atom stereocenters. The van der Waals surface area contributed by atoms with Crippen LogP contribution in [0.25, 0.3) is 11.3 Å². The molecule has 3 aromatic rings. The second kappa shape index (κ2) is 8.77. The number of para-hydroxylation sites is 1. The molecule has 1 aliphatic carbocycles. The number of rotatable bonds is 7. The van der Waals surface area contributed by atoms with Crippen molar-refractivity contribution in [3.05, 3.63) is 52.9 Å². The van der Waals surface area contributed by atoms with Gasteiger partial charge in [-0.2, -0.15) is 0 Å². The first-order valence-electron chi connectivity index (χ1n) is 12.0. The van der Waals surface area contributed by atoms with Crippen LogP contribution in [-0.4, -0.2) is 60.2 Å². The number of anilines is 2. The molecule has 1 aromatic carbocycles. The van der Waals surface area contributed by atoms with Gasteiger partial charge in [-0.3, -0.25) is 9.78 Å². The number of carbonyl (C=O) groups excluding carboxylic acids is 1. The van der Waals surface area contributed by atoms with Crippen LogP contribution in [0.3, 0.4) is 0 Å². The van der Waals surface area contributed by atoms with Gasteiger partial charge in [0.25, 0.3) is 5.91 Å². The van der Waals surface area contributed by atoms with Crippen LogP contribution in [0.2, 0.25) is 5.02 Å². The Balaban J connectivity index is 1.43. The van der Waals surface area contributed by atoms with Crippen molar-refractivity contribution in [2.75, 3.05) is 32.6 Å². The Bertz CT molecular complexity index is 1290. The fourth-order valence-corrected chi connectivity index (χ4v) is 5.55. The second-order valence-corrected chi connectivity index (χ2v) is 9.90. The third kappa shape index (κ3) is 3.90. The number of nitrogens with zero attached hydrogens (tertiary/aromatic N) is 2. The van der Waals surface area contributed by atoms with Crippen molar-refractivity contribution in [3.8, 4) is 22.8 Å². The van der Waals surface area contributed by atoms with Gasteiger partial charge in [0.2, 0.25) is 0 Å². The monoisotopic (exact) mass is 493 g/mol. The van der Waals surface area contributed by atoms with Crippen LogP contribution in [0.1, 0.15) is 41.2 Å². The van der Waals surface area contributed by atoms with E-state index in [0.29, 0.717) is 46.1 Å². The zero-order chi connectivity index (χ0) is 24.1. The fraction of sp³-hybridized carbons (Fsp3) is 0.385. The number of methoxy groups -OCH3 is 1. The highest BCUT2D eigenvalue weighted by molar-refractivity contribution is 6.32. The van der Waals surface area contributed by atoms with E-state index in [1.807, 2.05) is 18.2 Å². The number of likely N-dealkylation sites (N-methyl/N-ethyl adjacent to an activating group) is 1. The number of amides is 1. The van der Waals surface area contributed by atoms with Crippen LogP contribution in [0.5, 0.6) is 11.5 Å². The number of likely N-dealkylation sites (tertiary alicyclic amines) is 1. The molecule has 9 heteroatoms. The summed E-state index contributed by atoms with van der Waals surface area (Å²) in [7, 11) is 3.71. The zero-order valence-electron chi connectivity index (χ0n) is 19.7. The van der Waals surface area contributed by atoms with Crippen molar-refractivity contribution in [1.29, 1.82) is 0 Å². The molecule has 3 N–H and O–H groups in total. The minimum absolute atomic E-state index is 0.0890. The summed E-state index contributed by atoms with van der Waals surface area (Å²) in [6.07, 6.45) is 6.72. The molecule has 0 bridgehead atoms. The maximum absolute atomic E-state index is 13.1. The average molecular weight is 494 g/mol.